The third-order valence-corrected chi connectivity index (χ3v) is 2.97. The van der Waals surface area contributed by atoms with Crippen LogP contribution in [0, 0.1) is 0 Å². The number of allylic oxidation sites excluding steroid dienone is 2. The molecule has 0 radical (unpaired) electrons. The quantitative estimate of drug-likeness (QED) is 0.594. The molecule has 0 saturated carbocycles. The van der Waals surface area contributed by atoms with Gasteiger partial charge in [-0.15, -0.1) is 0 Å². The Morgan fingerprint density at radius 3 is 2.36 bits per heavy atom. The monoisotopic (exact) mass is 345 g/mol. The third kappa shape index (κ3) is 5.66. The van der Waals surface area contributed by atoms with Gasteiger partial charge >= 0.3 is 0 Å². The molecule has 0 bridgehead atoms. The molecule has 2 aromatic rings. The minimum atomic E-state index is -2.77. The molecule has 0 aliphatic carbocycles. The minimum absolute atomic E-state index is 0.208. The number of carbonyl (C=O) groups is 2. The summed E-state index contributed by atoms with van der Waals surface area (Å²) in [5.74, 6) is -2.76. The van der Waals surface area contributed by atoms with Crippen molar-refractivity contribution in [2.24, 2.45) is 0 Å². The Hall–Kier alpha value is -3.34. The van der Waals surface area contributed by atoms with Gasteiger partial charge in [0.25, 0.3) is 0 Å². The largest absolute Gasteiger partial charge is 0.508 e. The number of rotatable bonds is 7. The molecular formula is C20H18O5. The number of ether oxygens (including phenoxy) is 1. The fraction of sp³-hybridized carbons (Fsp3) is 0.100. The van der Waals surface area contributed by atoms with Gasteiger partial charge in [0.05, 0.1) is 23.1 Å². The summed E-state index contributed by atoms with van der Waals surface area (Å²) in [5.41, 5.74) is 0.131. The fourth-order valence-electron chi connectivity index (χ4n) is 1.77. The van der Waals surface area contributed by atoms with Crippen LogP contribution in [0.3, 0.4) is 0 Å². The highest BCUT2D eigenvalue weighted by Crippen LogP contribution is 2.26. The third-order valence-electron chi connectivity index (χ3n) is 2.97. The SMILES string of the molecule is [2H]c1c([2H])c(/C=C/C(=O)CC(=O)/C=C/c2ccc(O)c(OC([2H])([2H])[2H])c2)c([2H])c([2H])c1O. The lowest BCUT2D eigenvalue weighted by Crippen LogP contribution is -2.01. The predicted octanol–water partition coefficient (Wildman–Crippen LogP) is 3.36. The molecule has 2 aromatic carbocycles. The molecule has 0 atom stereocenters. The van der Waals surface area contributed by atoms with Gasteiger partial charge in [0.15, 0.2) is 23.1 Å². The first-order chi connectivity index (χ1) is 14.8. The molecule has 5 nitrogen and oxygen atoms in total. The number of phenolic OH excluding ortho intramolecular Hbond substituents is 2. The standard InChI is InChI=1S/C20H18O5/c1-25-20-12-15(6-11-19(20)24)5-10-18(23)13-17(22)9-4-14-2-7-16(21)8-3-14/h2-12,21,24H,13H2,1H3/b9-4+,10-5+/i1D3,2D,3D,7D,8D. The summed E-state index contributed by atoms with van der Waals surface area (Å²) < 4.78 is 56.5. The topological polar surface area (TPSA) is 83.8 Å². The number of hydrogen-bond acceptors (Lipinski definition) is 5. The summed E-state index contributed by atoms with van der Waals surface area (Å²) in [4.78, 5) is 24.1. The van der Waals surface area contributed by atoms with Crippen molar-refractivity contribution in [2.45, 2.75) is 6.42 Å². The van der Waals surface area contributed by atoms with Crippen molar-refractivity contribution in [1.29, 1.82) is 0 Å². The van der Waals surface area contributed by atoms with Crippen molar-refractivity contribution in [3.63, 3.8) is 0 Å². The highest BCUT2D eigenvalue weighted by Gasteiger charge is 2.05. The van der Waals surface area contributed by atoms with Crippen LogP contribution in [0.1, 0.15) is 27.1 Å². The van der Waals surface area contributed by atoms with Crippen LogP contribution in [-0.4, -0.2) is 28.8 Å². The molecule has 0 aliphatic heterocycles. The molecule has 0 saturated heterocycles. The van der Waals surface area contributed by atoms with Crippen LogP contribution in [0.15, 0.2) is 54.5 Å². The molecule has 0 aliphatic rings. The Bertz CT molecular complexity index is 1090. The molecule has 5 heteroatoms. The first-order valence-electron chi connectivity index (χ1n) is 10.5. The Labute approximate surface area is 155 Å². The van der Waals surface area contributed by atoms with Crippen molar-refractivity contribution in [3.8, 4) is 17.2 Å². The van der Waals surface area contributed by atoms with Gasteiger partial charge in [-0.1, -0.05) is 30.3 Å². The van der Waals surface area contributed by atoms with Crippen molar-refractivity contribution in [3.05, 3.63) is 65.6 Å². The van der Waals surface area contributed by atoms with E-state index in [1.807, 2.05) is 0 Å². The molecule has 0 heterocycles. The van der Waals surface area contributed by atoms with E-state index in [2.05, 4.69) is 4.74 Å². The first kappa shape index (κ1) is 10.5. The molecule has 0 spiro atoms. The number of methoxy groups -OCH3 is 1. The second kappa shape index (κ2) is 8.49. The summed E-state index contributed by atoms with van der Waals surface area (Å²) in [6, 6.07) is 1.46. The van der Waals surface area contributed by atoms with E-state index in [1.165, 1.54) is 24.3 Å². The van der Waals surface area contributed by atoms with Gasteiger partial charge in [-0.05, 0) is 47.5 Å². The van der Waals surface area contributed by atoms with Gasteiger partial charge in [0, 0.05) is 0 Å². The van der Waals surface area contributed by atoms with Crippen LogP contribution in [0.25, 0.3) is 12.2 Å². The van der Waals surface area contributed by atoms with E-state index in [0.717, 1.165) is 18.2 Å². The van der Waals surface area contributed by atoms with E-state index in [9.17, 15) is 19.8 Å². The molecule has 128 valence electrons. The summed E-state index contributed by atoms with van der Waals surface area (Å²) in [5, 5.41) is 19.2. The highest BCUT2D eigenvalue weighted by molar-refractivity contribution is 6.10. The highest BCUT2D eigenvalue weighted by atomic mass is 16.5. The maximum atomic E-state index is 12.0. The van der Waals surface area contributed by atoms with Crippen molar-refractivity contribution < 1.29 is 34.1 Å². The van der Waals surface area contributed by atoms with Crippen LogP contribution in [0.4, 0.5) is 0 Å². The molecule has 0 aromatic heterocycles. The van der Waals surface area contributed by atoms with Gasteiger partial charge in [-0.2, -0.15) is 0 Å². The lowest BCUT2D eigenvalue weighted by Gasteiger charge is -2.03. The molecule has 2 N–H and O–H groups in total. The number of hydrogen-bond donors (Lipinski definition) is 2. The lowest BCUT2D eigenvalue weighted by atomic mass is 10.1. The van der Waals surface area contributed by atoms with Crippen LogP contribution >= 0.6 is 0 Å². The summed E-state index contributed by atoms with van der Waals surface area (Å²) in [7, 11) is -2.77. The smallest absolute Gasteiger partial charge is 0.163 e. The Kier molecular flexibility index (Phi) is 3.57. The first-order valence-corrected chi connectivity index (χ1v) is 7.03. The number of carbonyl (C=O) groups excluding carboxylic acids is 2. The van der Waals surface area contributed by atoms with Crippen molar-refractivity contribution >= 4 is 23.7 Å². The molecule has 0 fully saturated rings. The van der Waals surface area contributed by atoms with Crippen LogP contribution in [0.2, 0.25) is 0 Å². The Balaban J connectivity index is 2.09. The number of benzene rings is 2. The van der Waals surface area contributed by atoms with Gasteiger partial charge in [-0.3, -0.25) is 9.59 Å². The number of ketones is 2. The lowest BCUT2D eigenvalue weighted by molar-refractivity contribution is -0.121. The van der Waals surface area contributed by atoms with Crippen molar-refractivity contribution in [2.75, 3.05) is 7.04 Å². The van der Waals surface area contributed by atoms with Crippen LogP contribution in [0.5, 0.6) is 17.2 Å². The molecule has 2 rings (SSSR count). The van der Waals surface area contributed by atoms with E-state index in [-0.39, 0.29) is 11.3 Å². The van der Waals surface area contributed by atoms with Gasteiger partial charge < -0.3 is 14.9 Å². The normalized spacial score (nSPS) is 15.6. The Morgan fingerprint density at radius 2 is 1.72 bits per heavy atom. The zero-order valence-corrected chi connectivity index (χ0v) is 12.9. The zero-order valence-electron chi connectivity index (χ0n) is 19.9. The van der Waals surface area contributed by atoms with E-state index < -0.39 is 60.7 Å². The predicted molar refractivity (Wildman–Crippen MR) is 95.5 cm³/mol. The van der Waals surface area contributed by atoms with E-state index in [4.69, 9.17) is 9.60 Å². The maximum Gasteiger partial charge on any atom is 0.163 e. The molecular weight excluding hydrogens is 320 g/mol. The fourth-order valence-corrected chi connectivity index (χ4v) is 1.77. The van der Waals surface area contributed by atoms with E-state index >= 15 is 0 Å². The van der Waals surface area contributed by atoms with Gasteiger partial charge in [-0.25, -0.2) is 0 Å². The van der Waals surface area contributed by atoms with Crippen LogP contribution < -0.4 is 4.74 Å². The molecule has 25 heavy (non-hydrogen) atoms. The Morgan fingerprint density at radius 1 is 1.08 bits per heavy atom. The van der Waals surface area contributed by atoms with E-state index in [1.54, 1.807) is 0 Å². The van der Waals surface area contributed by atoms with Gasteiger partial charge in [0.2, 0.25) is 0 Å². The number of aromatic hydroxyl groups is 2. The van der Waals surface area contributed by atoms with Crippen molar-refractivity contribution in [1.82, 2.24) is 0 Å². The zero-order chi connectivity index (χ0) is 24.2. The maximum absolute atomic E-state index is 12.0. The average molecular weight is 345 g/mol. The average Bonchev–Trinajstić information content (AvgIpc) is 2.70. The molecule has 0 unspecified atom stereocenters. The van der Waals surface area contributed by atoms with Crippen LogP contribution in [-0.2, 0) is 9.59 Å². The summed E-state index contributed by atoms with van der Waals surface area (Å²) in [6.07, 6.45) is 3.80. The second-order valence-corrected chi connectivity index (χ2v) is 4.87. The molecule has 0 amide bonds. The number of phenols is 2. The van der Waals surface area contributed by atoms with Gasteiger partial charge in [0.1, 0.15) is 5.75 Å². The van der Waals surface area contributed by atoms with E-state index in [0.29, 0.717) is 5.56 Å². The minimum Gasteiger partial charge on any atom is -0.508 e. The summed E-state index contributed by atoms with van der Waals surface area (Å²) >= 11 is 0. The summed E-state index contributed by atoms with van der Waals surface area (Å²) in [6.45, 7) is 0. The second-order valence-electron chi connectivity index (χ2n) is 4.87.